The molecule has 0 unspecified atom stereocenters. The summed E-state index contributed by atoms with van der Waals surface area (Å²) in [6.45, 7) is 5.63. The van der Waals surface area contributed by atoms with E-state index >= 15 is 0 Å². The molecular formula is C34H41N3O5. The van der Waals surface area contributed by atoms with Crippen molar-refractivity contribution in [2.24, 2.45) is 0 Å². The fourth-order valence-corrected chi connectivity index (χ4v) is 4.99. The number of para-hydroxylation sites is 2. The Balaban J connectivity index is 1.25. The number of hydrogen-bond acceptors (Lipinski definition) is 6. The smallest absolute Gasteiger partial charge is 0.224 e. The zero-order valence-electron chi connectivity index (χ0n) is 24.9. The monoisotopic (exact) mass is 571 g/mol. The topological polar surface area (TPSA) is 83.8 Å². The third kappa shape index (κ3) is 8.06. The third-order valence-electron chi connectivity index (χ3n) is 7.13. The number of nitrogens with one attached hydrogen (secondary N) is 1. The molecule has 8 heteroatoms. The van der Waals surface area contributed by atoms with E-state index in [1.165, 1.54) is 0 Å². The molecule has 222 valence electrons. The molecule has 42 heavy (non-hydrogen) atoms. The second kappa shape index (κ2) is 15.5. The predicted molar refractivity (Wildman–Crippen MR) is 166 cm³/mol. The second-order valence-electron chi connectivity index (χ2n) is 10.0. The molecule has 1 amide bonds. The predicted octanol–water partition coefficient (Wildman–Crippen LogP) is 5.94. The van der Waals surface area contributed by atoms with Crippen LogP contribution in [-0.2, 0) is 30.6 Å². The van der Waals surface area contributed by atoms with Crippen molar-refractivity contribution in [2.75, 3.05) is 34.5 Å². The Labute approximate surface area is 248 Å². The molecule has 0 radical (unpaired) electrons. The van der Waals surface area contributed by atoms with Crippen LogP contribution in [0.1, 0.15) is 36.2 Å². The lowest BCUT2D eigenvalue weighted by atomic mass is 10.1. The van der Waals surface area contributed by atoms with Crippen molar-refractivity contribution in [3.05, 3.63) is 90.3 Å². The van der Waals surface area contributed by atoms with E-state index in [-0.39, 0.29) is 5.91 Å². The van der Waals surface area contributed by atoms with Crippen LogP contribution in [0.2, 0.25) is 0 Å². The standard InChI is InChI=1S/C34H41N3O5/c1-5-11-25-15-18-30(32(22-25)41-4)42-21-20-37-28-13-9-8-12-27(28)36-33(37)14-7-6-10-19-35-34(38)24-26-16-17-29(39-2)31(23-26)40-3/h5,8-9,12-13,15-18,22-23H,1,6-7,10-11,14,19-21,24H2,2-4H3,(H,35,38). The molecule has 1 aromatic heterocycles. The summed E-state index contributed by atoms with van der Waals surface area (Å²) in [4.78, 5) is 17.3. The number of nitrogens with zero attached hydrogens (tertiary/aromatic N) is 2. The van der Waals surface area contributed by atoms with Gasteiger partial charge >= 0.3 is 0 Å². The van der Waals surface area contributed by atoms with Gasteiger partial charge in [-0.2, -0.15) is 0 Å². The molecule has 4 aromatic rings. The van der Waals surface area contributed by atoms with Gasteiger partial charge in [-0.1, -0.05) is 36.8 Å². The summed E-state index contributed by atoms with van der Waals surface area (Å²) in [6, 6.07) is 19.7. The number of unbranched alkanes of at least 4 members (excludes halogenated alkanes) is 2. The highest BCUT2D eigenvalue weighted by molar-refractivity contribution is 5.78. The second-order valence-corrected chi connectivity index (χ2v) is 10.0. The van der Waals surface area contributed by atoms with Gasteiger partial charge in [0.05, 0.1) is 45.3 Å². The van der Waals surface area contributed by atoms with E-state index in [4.69, 9.17) is 23.9 Å². The molecule has 1 heterocycles. The van der Waals surface area contributed by atoms with Crippen LogP contribution in [0.25, 0.3) is 11.0 Å². The van der Waals surface area contributed by atoms with E-state index in [1.807, 2.05) is 60.7 Å². The first-order valence-corrected chi connectivity index (χ1v) is 14.4. The highest BCUT2D eigenvalue weighted by atomic mass is 16.5. The molecule has 0 atom stereocenters. The first-order chi connectivity index (χ1) is 20.6. The van der Waals surface area contributed by atoms with Crippen LogP contribution >= 0.6 is 0 Å². The van der Waals surface area contributed by atoms with Crippen molar-refractivity contribution in [1.29, 1.82) is 0 Å². The lowest BCUT2D eigenvalue weighted by molar-refractivity contribution is -0.120. The molecule has 1 N–H and O–H groups in total. The Morgan fingerprint density at radius 1 is 0.881 bits per heavy atom. The number of aryl methyl sites for hydroxylation is 1. The lowest BCUT2D eigenvalue weighted by Crippen LogP contribution is -2.26. The number of rotatable bonds is 17. The first-order valence-electron chi connectivity index (χ1n) is 14.4. The Hall–Kier alpha value is -4.46. The van der Waals surface area contributed by atoms with Gasteiger partial charge in [-0.15, -0.1) is 6.58 Å². The number of aromatic nitrogens is 2. The van der Waals surface area contributed by atoms with E-state index < -0.39 is 0 Å². The summed E-state index contributed by atoms with van der Waals surface area (Å²) >= 11 is 0. The van der Waals surface area contributed by atoms with Crippen LogP contribution in [0.4, 0.5) is 0 Å². The van der Waals surface area contributed by atoms with Crippen LogP contribution in [0, 0.1) is 0 Å². The maximum atomic E-state index is 12.4. The van der Waals surface area contributed by atoms with Gasteiger partial charge in [0.15, 0.2) is 23.0 Å². The number of ether oxygens (including phenoxy) is 4. The van der Waals surface area contributed by atoms with E-state index in [1.54, 1.807) is 21.3 Å². The molecule has 0 fully saturated rings. The maximum Gasteiger partial charge on any atom is 0.224 e. The van der Waals surface area contributed by atoms with Crippen LogP contribution < -0.4 is 24.3 Å². The van der Waals surface area contributed by atoms with E-state index in [0.717, 1.165) is 71.6 Å². The quantitative estimate of drug-likeness (QED) is 0.125. The van der Waals surface area contributed by atoms with Crippen LogP contribution in [0.5, 0.6) is 23.0 Å². The molecule has 0 saturated heterocycles. The summed E-state index contributed by atoms with van der Waals surface area (Å²) in [5.74, 6) is 3.77. The lowest BCUT2D eigenvalue weighted by Gasteiger charge is -2.14. The van der Waals surface area contributed by atoms with Gasteiger partial charge in [0.1, 0.15) is 12.4 Å². The van der Waals surface area contributed by atoms with Crippen LogP contribution in [0.15, 0.2) is 73.3 Å². The summed E-state index contributed by atoms with van der Waals surface area (Å²) in [5, 5.41) is 3.03. The summed E-state index contributed by atoms with van der Waals surface area (Å²) < 4.78 is 24.5. The van der Waals surface area contributed by atoms with Gasteiger partial charge < -0.3 is 28.8 Å². The molecule has 0 aliphatic carbocycles. The number of fused-ring (bicyclic) bond motifs is 1. The normalized spacial score (nSPS) is 10.8. The number of carbonyl (C=O) groups excluding carboxylic acids is 1. The Kier molecular flexibility index (Phi) is 11.3. The van der Waals surface area contributed by atoms with Gasteiger partial charge in [-0.05, 0) is 66.8 Å². The molecule has 3 aromatic carbocycles. The molecule has 4 rings (SSSR count). The van der Waals surface area contributed by atoms with Crippen molar-refractivity contribution >= 4 is 16.9 Å². The molecule has 0 saturated carbocycles. The fourth-order valence-electron chi connectivity index (χ4n) is 4.99. The Morgan fingerprint density at radius 3 is 2.38 bits per heavy atom. The van der Waals surface area contributed by atoms with Crippen molar-refractivity contribution in [1.82, 2.24) is 14.9 Å². The van der Waals surface area contributed by atoms with Crippen molar-refractivity contribution < 1.29 is 23.7 Å². The van der Waals surface area contributed by atoms with Crippen LogP contribution in [-0.4, -0.2) is 49.9 Å². The number of allylic oxidation sites excluding steroid dienone is 1. The van der Waals surface area contributed by atoms with Crippen molar-refractivity contribution in [3.63, 3.8) is 0 Å². The molecule has 0 bridgehead atoms. The minimum atomic E-state index is -0.00371. The van der Waals surface area contributed by atoms with E-state index in [0.29, 0.717) is 37.6 Å². The number of amides is 1. The highest BCUT2D eigenvalue weighted by Gasteiger charge is 2.12. The number of methoxy groups -OCH3 is 3. The number of benzene rings is 3. The minimum Gasteiger partial charge on any atom is -0.493 e. The molecule has 0 aliphatic heterocycles. The Bertz CT molecular complexity index is 1480. The largest absolute Gasteiger partial charge is 0.493 e. The maximum absolute atomic E-state index is 12.4. The molecule has 0 aliphatic rings. The minimum absolute atomic E-state index is 0.00371. The Morgan fingerprint density at radius 2 is 1.60 bits per heavy atom. The van der Waals surface area contributed by atoms with Gasteiger partial charge in [0, 0.05) is 13.0 Å². The summed E-state index contributed by atoms with van der Waals surface area (Å²) in [7, 11) is 4.84. The average molecular weight is 572 g/mol. The zero-order chi connectivity index (χ0) is 29.7. The van der Waals surface area contributed by atoms with Gasteiger partial charge in [0.25, 0.3) is 0 Å². The average Bonchev–Trinajstić information content (AvgIpc) is 3.36. The third-order valence-corrected chi connectivity index (χ3v) is 7.13. The van der Waals surface area contributed by atoms with E-state index in [2.05, 4.69) is 22.5 Å². The SMILES string of the molecule is C=CCc1ccc(OCCn2c(CCCCCNC(=O)Cc3ccc(OC)c(OC)c3)nc3ccccc32)c(OC)c1. The first kappa shape index (κ1) is 30.5. The van der Waals surface area contributed by atoms with Crippen LogP contribution in [0.3, 0.4) is 0 Å². The summed E-state index contributed by atoms with van der Waals surface area (Å²) in [6.07, 6.45) is 6.69. The van der Waals surface area contributed by atoms with Crippen molar-refractivity contribution in [3.8, 4) is 23.0 Å². The highest BCUT2D eigenvalue weighted by Crippen LogP contribution is 2.29. The fraction of sp³-hybridized carbons (Fsp3) is 0.353. The van der Waals surface area contributed by atoms with Crippen molar-refractivity contribution in [2.45, 2.75) is 45.1 Å². The number of imidazole rings is 1. The van der Waals surface area contributed by atoms with Gasteiger partial charge in [-0.3, -0.25) is 4.79 Å². The number of carbonyl (C=O) groups is 1. The number of hydrogen-bond donors (Lipinski definition) is 1. The molecule has 0 spiro atoms. The zero-order valence-corrected chi connectivity index (χ0v) is 24.9. The van der Waals surface area contributed by atoms with Gasteiger partial charge in [0.2, 0.25) is 5.91 Å². The molecule has 8 nitrogen and oxygen atoms in total. The molecular weight excluding hydrogens is 530 g/mol. The summed E-state index contributed by atoms with van der Waals surface area (Å²) in [5.41, 5.74) is 4.11. The van der Waals surface area contributed by atoms with Gasteiger partial charge in [-0.25, -0.2) is 4.98 Å². The van der Waals surface area contributed by atoms with E-state index in [9.17, 15) is 4.79 Å².